The Bertz CT molecular complexity index is 612. The molecule has 0 spiro atoms. The Kier molecular flexibility index (Phi) is 5.69. The van der Waals surface area contributed by atoms with E-state index in [4.69, 9.17) is 4.74 Å². The second kappa shape index (κ2) is 7.29. The Morgan fingerprint density at radius 1 is 1.05 bits per heavy atom. The predicted octanol–water partition coefficient (Wildman–Crippen LogP) is 5.54. The second-order valence-corrected chi connectivity index (χ2v) is 6.78. The molecule has 0 atom stereocenters. The lowest BCUT2D eigenvalue weighted by Crippen LogP contribution is -2.03. The van der Waals surface area contributed by atoms with E-state index in [1.54, 1.807) is 30.8 Å². The number of benzene rings is 2. The first-order valence-electron chi connectivity index (χ1n) is 6.00. The van der Waals surface area contributed by atoms with E-state index in [1.165, 1.54) is 0 Å². The molecule has 2 nitrogen and oxygen atoms in total. The van der Waals surface area contributed by atoms with Crippen molar-refractivity contribution in [3.63, 3.8) is 0 Å². The summed E-state index contributed by atoms with van der Waals surface area (Å²) in [6.07, 6.45) is 0. The van der Waals surface area contributed by atoms with Crippen LogP contribution in [0, 0.1) is 0 Å². The summed E-state index contributed by atoms with van der Waals surface area (Å²) in [5.74, 6) is -0.282. The van der Waals surface area contributed by atoms with Gasteiger partial charge in [0, 0.05) is 18.7 Å². The van der Waals surface area contributed by atoms with E-state index in [1.807, 2.05) is 30.3 Å². The van der Waals surface area contributed by atoms with Gasteiger partial charge in [-0.3, -0.25) is 0 Å². The van der Waals surface area contributed by atoms with Crippen LogP contribution in [0.4, 0.5) is 0 Å². The molecule has 0 saturated heterocycles. The highest BCUT2D eigenvalue weighted by atomic mass is 79.9. The number of esters is 1. The lowest BCUT2D eigenvalue weighted by atomic mass is 10.2. The normalized spacial score (nSPS) is 10.3. The van der Waals surface area contributed by atoms with Crippen LogP contribution in [-0.2, 0) is 4.74 Å². The molecule has 0 fully saturated rings. The first-order valence-corrected chi connectivity index (χ1v) is 8.40. The largest absolute Gasteiger partial charge is 0.462 e. The molecule has 0 aliphatic rings. The third-order valence-electron chi connectivity index (χ3n) is 2.49. The highest BCUT2D eigenvalue weighted by Crippen LogP contribution is 2.32. The summed E-state index contributed by atoms with van der Waals surface area (Å²) < 4.78 is 7.00. The quantitative estimate of drug-likeness (QED) is 0.613. The van der Waals surface area contributed by atoms with E-state index in [9.17, 15) is 4.79 Å². The SMILES string of the molecule is CCOC(=O)c1ccc(Sc2ccc(Br)c(Br)c2)cc1. The standard InChI is InChI=1S/C15H12Br2O2S/c1-2-19-15(18)10-3-5-11(6-4-10)20-12-7-8-13(16)14(17)9-12/h3-9H,2H2,1H3. The number of carbonyl (C=O) groups is 1. The minimum absolute atomic E-state index is 0.282. The molecule has 2 aromatic rings. The van der Waals surface area contributed by atoms with Crippen molar-refractivity contribution in [1.82, 2.24) is 0 Å². The van der Waals surface area contributed by atoms with Crippen LogP contribution in [0.5, 0.6) is 0 Å². The second-order valence-electron chi connectivity index (χ2n) is 3.92. The third kappa shape index (κ3) is 4.11. The van der Waals surface area contributed by atoms with Crippen LogP contribution in [0.25, 0.3) is 0 Å². The molecule has 0 aromatic heterocycles. The molecule has 0 aliphatic carbocycles. The van der Waals surface area contributed by atoms with Crippen molar-refractivity contribution in [2.75, 3.05) is 6.61 Å². The summed E-state index contributed by atoms with van der Waals surface area (Å²) >= 11 is 8.57. The van der Waals surface area contributed by atoms with E-state index >= 15 is 0 Å². The fourth-order valence-corrected chi connectivity index (χ4v) is 3.18. The molecule has 20 heavy (non-hydrogen) atoms. The summed E-state index contributed by atoms with van der Waals surface area (Å²) in [5.41, 5.74) is 0.577. The molecule has 0 amide bonds. The van der Waals surface area contributed by atoms with Gasteiger partial charge in [0.15, 0.2) is 0 Å². The lowest BCUT2D eigenvalue weighted by Gasteiger charge is -2.05. The number of hydrogen-bond acceptors (Lipinski definition) is 3. The molecule has 5 heteroatoms. The van der Waals surface area contributed by atoms with Gasteiger partial charge in [0.05, 0.1) is 12.2 Å². The van der Waals surface area contributed by atoms with Gasteiger partial charge >= 0.3 is 5.97 Å². The lowest BCUT2D eigenvalue weighted by molar-refractivity contribution is 0.0526. The van der Waals surface area contributed by atoms with Crippen LogP contribution in [-0.4, -0.2) is 12.6 Å². The molecule has 0 unspecified atom stereocenters. The Labute approximate surface area is 139 Å². The molecule has 0 bridgehead atoms. The summed E-state index contributed by atoms with van der Waals surface area (Å²) in [4.78, 5) is 13.8. The summed E-state index contributed by atoms with van der Waals surface area (Å²) in [6.45, 7) is 2.19. The van der Waals surface area contributed by atoms with Crippen LogP contribution < -0.4 is 0 Å². The zero-order chi connectivity index (χ0) is 14.5. The first kappa shape index (κ1) is 15.6. The zero-order valence-electron chi connectivity index (χ0n) is 10.7. The Balaban J connectivity index is 2.10. The summed E-state index contributed by atoms with van der Waals surface area (Å²) in [6, 6.07) is 13.5. The van der Waals surface area contributed by atoms with E-state index < -0.39 is 0 Å². The van der Waals surface area contributed by atoms with Crippen molar-refractivity contribution < 1.29 is 9.53 Å². The van der Waals surface area contributed by atoms with Crippen molar-refractivity contribution in [1.29, 1.82) is 0 Å². The molecule has 0 heterocycles. The monoisotopic (exact) mass is 414 g/mol. The van der Waals surface area contributed by atoms with Gasteiger partial charge in [0.25, 0.3) is 0 Å². The number of halogens is 2. The van der Waals surface area contributed by atoms with Crippen molar-refractivity contribution >= 4 is 49.6 Å². The molecule has 104 valence electrons. The Morgan fingerprint density at radius 2 is 1.70 bits per heavy atom. The maximum atomic E-state index is 11.6. The van der Waals surface area contributed by atoms with Gasteiger partial charge in [-0.25, -0.2) is 4.79 Å². The van der Waals surface area contributed by atoms with Gasteiger partial charge in [0.1, 0.15) is 0 Å². The fraction of sp³-hybridized carbons (Fsp3) is 0.133. The topological polar surface area (TPSA) is 26.3 Å². The summed E-state index contributed by atoms with van der Waals surface area (Å²) in [5, 5.41) is 0. The van der Waals surface area contributed by atoms with Crippen LogP contribution in [0.3, 0.4) is 0 Å². The molecule has 0 N–H and O–H groups in total. The maximum absolute atomic E-state index is 11.6. The van der Waals surface area contributed by atoms with Gasteiger partial charge in [0.2, 0.25) is 0 Å². The highest BCUT2D eigenvalue weighted by molar-refractivity contribution is 9.13. The minimum atomic E-state index is -0.282. The number of carbonyl (C=O) groups excluding carboxylic acids is 1. The molecular weight excluding hydrogens is 404 g/mol. The van der Waals surface area contributed by atoms with Crippen molar-refractivity contribution in [3.8, 4) is 0 Å². The van der Waals surface area contributed by atoms with Gasteiger partial charge in [-0.2, -0.15) is 0 Å². The minimum Gasteiger partial charge on any atom is -0.462 e. The zero-order valence-corrected chi connectivity index (χ0v) is 14.7. The van der Waals surface area contributed by atoms with Crippen LogP contribution in [0.15, 0.2) is 61.2 Å². The van der Waals surface area contributed by atoms with Crippen LogP contribution in [0.2, 0.25) is 0 Å². The van der Waals surface area contributed by atoms with E-state index in [-0.39, 0.29) is 5.97 Å². The molecule has 0 radical (unpaired) electrons. The van der Waals surface area contributed by atoms with Gasteiger partial charge in [-0.05, 0) is 81.2 Å². The van der Waals surface area contributed by atoms with Gasteiger partial charge in [-0.15, -0.1) is 0 Å². The van der Waals surface area contributed by atoms with Gasteiger partial charge < -0.3 is 4.74 Å². The van der Waals surface area contributed by atoms with Crippen LogP contribution >= 0.6 is 43.6 Å². The smallest absolute Gasteiger partial charge is 0.338 e. The molecule has 2 rings (SSSR count). The number of rotatable bonds is 4. The fourth-order valence-electron chi connectivity index (χ4n) is 1.55. The average molecular weight is 416 g/mol. The van der Waals surface area contributed by atoms with Gasteiger partial charge in [-0.1, -0.05) is 11.8 Å². The first-order chi connectivity index (χ1) is 9.60. The van der Waals surface area contributed by atoms with E-state index in [2.05, 4.69) is 31.9 Å². The number of hydrogen-bond donors (Lipinski definition) is 0. The van der Waals surface area contributed by atoms with Crippen molar-refractivity contribution in [3.05, 3.63) is 57.0 Å². The third-order valence-corrected chi connectivity index (χ3v) is 5.37. The predicted molar refractivity (Wildman–Crippen MR) is 88.4 cm³/mol. The van der Waals surface area contributed by atoms with E-state index in [0.29, 0.717) is 12.2 Å². The highest BCUT2D eigenvalue weighted by Gasteiger charge is 2.06. The Morgan fingerprint density at radius 3 is 2.30 bits per heavy atom. The molecule has 0 saturated carbocycles. The van der Waals surface area contributed by atoms with Crippen molar-refractivity contribution in [2.24, 2.45) is 0 Å². The van der Waals surface area contributed by atoms with Crippen molar-refractivity contribution in [2.45, 2.75) is 16.7 Å². The molecule has 0 aliphatic heterocycles. The van der Waals surface area contributed by atoms with E-state index in [0.717, 1.165) is 18.7 Å². The molecule has 2 aromatic carbocycles. The maximum Gasteiger partial charge on any atom is 0.338 e. The Hall–Kier alpha value is -0.780. The number of ether oxygens (including phenoxy) is 1. The molecular formula is C15H12Br2O2S. The van der Waals surface area contributed by atoms with Crippen LogP contribution in [0.1, 0.15) is 17.3 Å². The summed E-state index contributed by atoms with van der Waals surface area (Å²) in [7, 11) is 0. The average Bonchev–Trinajstić information content (AvgIpc) is 2.44.